The average Bonchev–Trinajstić information content (AvgIpc) is 2.90. The van der Waals surface area contributed by atoms with Crippen molar-refractivity contribution in [2.24, 2.45) is 5.92 Å². The molecule has 0 radical (unpaired) electrons. The van der Waals surface area contributed by atoms with Crippen LogP contribution in [0.2, 0.25) is 0 Å². The molecule has 2 aromatic rings. The van der Waals surface area contributed by atoms with Crippen molar-refractivity contribution in [3.8, 4) is 5.69 Å². The fourth-order valence-electron chi connectivity index (χ4n) is 3.45. The summed E-state index contributed by atoms with van der Waals surface area (Å²) < 4.78 is 1.93. The number of amides is 1. The molecule has 25 heavy (non-hydrogen) atoms. The van der Waals surface area contributed by atoms with Gasteiger partial charge in [-0.25, -0.2) is 4.68 Å². The molecule has 1 aliphatic heterocycles. The van der Waals surface area contributed by atoms with Crippen molar-refractivity contribution in [1.29, 1.82) is 0 Å². The zero-order valence-corrected chi connectivity index (χ0v) is 15.6. The van der Waals surface area contributed by atoms with Crippen LogP contribution in [-0.4, -0.2) is 39.7 Å². The van der Waals surface area contributed by atoms with Crippen molar-refractivity contribution in [3.05, 3.63) is 41.7 Å². The van der Waals surface area contributed by atoms with Crippen molar-refractivity contribution < 1.29 is 4.79 Å². The van der Waals surface area contributed by atoms with Gasteiger partial charge in [-0.1, -0.05) is 25.1 Å². The van der Waals surface area contributed by atoms with Gasteiger partial charge in [-0.3, -0.25) is 4.79 Å². The summed E-state index contributed by atoms with van der Waals surface area (Å²) in [5.41, 5.74) is 3.92. The number of carbonyl (C=O) groups is 1. The Morgan fingerprint density at radius 3 is 2.48 bits per heavy atom. The highest BCUT2D eigenvalue weighted by atomic mass is 16.2. The van der Waals surface area contributed by atoms with Crippen LogP contribution >= 0.6 is 0 Å². The van der Waals surface area contributed by atoms with E-state index in [-0.39, 0.29) is 11.9 Å². The number of para-hydroxylation sites is 1. The molecule has 0 saturated carbocycles. The number of anilines is 1. The van der Waals surface area contributed by atoms with Crippen molar-refractivity contribution in [3.63, 3.8) is 0 Å². The van der Waals surface area contributed by atoms with E-state index in [9.17, 15) is 4.79 Å². The number of likely N-dealkylation sites (tertiary alicyclic amines) is 1. The van der Waals surface area contributed by atoms with Gasteiger partial charge in [0.25, 0.3) is 0 Å². The first kappa shape index (κ1) is 17.5. The maximum atomic E-state index is 12.7. The van der Waals surface area contributed by atoms with E-state index in [1.165, 1.54) is 0 Å². The molecule has 5 heteroatoms. The van der Waals surface area contributed by atoms with Gasteiger partial charge in [0.2, 0.25) is 5.91 Å². The van der Waals surface area contributed by atoms with Gasteiger partial charge in [0, 0.05) is 13.1 Å². The quantitative estimate of drug-likeness (QED) is 0.926. The van der Waals surface area contributed by atoms with Crippen molar-refractivity contribution in [2.75, 3.05) is 18.4 Å². The number of rotatable bonds is 4. The third-order valence-corrected chi connectivity index (χ3v) is 5.12. The van der Waals surface area contributed by atoms with Crippen LogP contribution in [0.1, 0.15) is 38.1 Å². The van der Waals surface area contributed by atoms with Gasteiger partial charge in [-0.15, -0.1) is 0 Å². The second-order valence-electron chi connectivity index (χ2n) is 7.17. The first-order chi connectivity index (χ1) is 12.0. The Hall–Kier alpha value is -2.30. The Labute approximate surface area is 150 Å². The fourth-order valence-corrected chi connectivity index (χ4v) is 3.45. The van der Waals surface area contributed by atoms with Crippen LogP contribution in [0, 0.1) is 19.8 Å². The number of nitrogens with zero attached hydrogens (tertiary/aromatic N) is 3. The van der Waals surface area contributed by atoms with Crippen LogP contribution in [0.3, 0.4) is 0 Å². The summed E-state index contributed by atoms with van der Waals surface area (Å²) in [7, 11) is 0. The average molecular weight is 340 g/mol. The Kier molecular flexibility index (Phi) is 5.11. The molecular weight excluding hydrogens is 312 g/mol. The van der Waals surface area contributed by atoms with Crippen LogP contribution in [0.25, 0.3) is 5.69 Å². The van der Waals surface area contributed by atoms with Gasteiger partial charge in [0.15, 0.2) is 0 Å². The molecule has 1 aliphatic rings. The van der Waals surface area contributed by atoms with Gasteiger partial charge in [-0.05, 0) is 51.7 Å². The van der Waals surface area contributed by atoms with Crippen LogP contribution in [0.4, 0.5) is 5.69 Å². The zero-order chi connectivity index (χ0) is 18.0. The van der Waals surface area contributed by atoms with Crippen LogP contribution in [0.15, 0.2) is 30.3 Å². The van der Waals surface area contributed by atoms with Gasteiger partial charge in [0.1, 0.15) is 6.04 Å². The predicted octanol–water partition coefficient (Wildman–Crippen LogP) is 3.55. The van der Waals surface area contributed by atoms with Crippen molar-refractivity contribution in [1.82, 2.24) is 14.7 Å². The molecule has 1 amide bonds. The van der Waals surface area contributed by atoms with Gasteiger partial charge >= 0.3 is 0 Å². The first-order valence-corrected chi connectivity index (χ1v) is 9.14. The molecule has 0 bridgehead atoms. The molecule has 1 fully saturated rings. The summed E-state index contributed by atoms with van der Waals surface area (Å²) in [6, 6.07) is 9.82. The predicted molar refractivity (Wildman–Crippen MR) is 101 cm³/mol. The lowest BCUT2D eigenvalue weighted by Crippen LogP contribution is -2.45. The monoisotopic (exact) mass is 340 g/mol. The maximum Gasteiger partial charge on any atom is 0.244 e. The van der Waals surface area contributed by atoms with E-state index < -0.39 is 0 Å². The number of hydrogen-bond acceptors (Lipinski definition) is 3. The molecule has 1 saturated heterocycles. The highest BCUT2D eigenvalue weighted by Gasteiger charge is 2.25. The Bertz CT molecular complexity index is 730. The standard InChI is InChI=1S/C20H28N4O/c1-14-10-12-23(13-11-14)20(25)16(3)21-19-15(2)22-24(17(19)4)18-8-6-5-7-9-18/h5-9,14,16,21H,10-13H2,1-4H3. The number of hydrogen-bond donors (Lipinski definition) is 1. The first-order valence-electron chi connectivity index (χ1n) is 9.14. The van der Waals surface area contributed by atoms with E-state index in [4.69, 9.17) is 0 Å². The smallest absolute Gasteiger partial charge is 0.244 e. The van der Waals surface area contributed by atoms with Gasteiger partial charge in [-0.2, -0.15) is 5.10 Å². The molecular formula is C20H28N4O. The maximum absolute atomic E-state index is 12.7. The molecule has 5 nitrogen and oxygen atoms in total. The largest absolute Gasteiger partial charge is 0.371 e. The molecule has 134 valence electrons. The molecule has 1 aromatic heterocycles. The molecule has 0 spiro atoms. The fraction of sp³-hybridized carbons (Fsp3) is 0.500. The Morgan fingerprint density at radius 2 is 1.84 bits per heavy atom. The Morgan fingerprint density at radius 1 is 1.20 bits per heavy atom. The summed E-state index contributed by atoms with van der Waals surface area (Å²) in [5, 5.41) is 8.05. The number of nitrogens with one attached hydrogen (secondary N) is 1. The van der Waals surface area contributed by atoms with E-state index in [1.54, 1.807) is 0 Å². The zero-order valence-electron chi connectivity index (χ0n) is 15.6. The topological polar surface area (TPSA) is 50.2 Å². The highest BCUT2D eigenvalue weighted by molar-refractivity contribution is 5.84. The minimum atomic E-state index is -0.251. The van der Waals surface area contributed by atoms with Gasteiger partial charge < -0.3 is 10.2 Å². The number of benzene rings is 1. The van der Waals surface area contributed by atoms with E-state index >= 15 is 0 Å². The molecule has 1 N–H and O–H groups in total. The van der Waals surface area contributed by atoms with Crippen LogP contribution < -0.4 is 5.32 Å². The number of piperidine rings is 1. The Balaban J connectivity index is 1.74. The molecule has 1 unspecified atom stereocenters. The summed E-state index contributed by atoms with van der Waals surface area (Å²) in [4.78, 5) is 14.7. The minimum Gasteiger partial charge on any atom is -0.371 e. The molecule has 2 heterocycles. The summed E-state index contributed by atoms with van der Waals surface area (Å²) in [5.74, 6) is 0.902. The molecule has 0 aliphatic carbocycles. The van der Waals surface area contributed by atoms with E-state index in [0.717, 1.165) is 54.6 Å². The van der Waals surface area contributed by atoms with E-state index in [1.807, 2.05) is 60.7 Å². The second-order valence-corrected chi connectivity index (χ2v) is 7.17. The highest BCUT2D eigenvalue weighted by Crippen LogP contribution is 2.24. The third kappa shape index (κ3) is 3.70. The lowest BCUT2D eigenvalue weighted by Gasteiger charge is -2.32. The molecule has 1 aromatic carbocycles. The summed E-state index contributed by atoms with van der Waals surface area (Å²) in [6.45, 7) is 9.96. The number of aromatic nitrogens is 2. The number of carbonyl (C=O) groups excluding carboxylic acids is 1. The van der Waals surface area contributed by atoms with E-state index in [2.05, 4.69) is 17.3 Å². The van der Waals surface area contributed by atoms with E-state index in [0.29, 0.717) is 0 Å². The second kappa shape index (κ2) is 7.30. The summed E-state index contributed by atoms with van der Waals surface area (Å²) in [6.07, 6.45) is 2.20. The van der Waals surface area contributed by atoms with Crippen LogP contribution in [0.5, 0.6) is 0 Å². The molecule has 3 rings (SSSR count). The lowest BCUT2D eigenvalue weighted by atomic mass is 9.99. The lowest BCUT2D eigenvalue weighted by molar-refractivity contribution is -0.132. The SMILES string of the molecule is Cc1nn(-c2ccccc2)c(C)c1NC(C)C(=O)N1CCC(C)CC1. The number of aryl methyl sites for hydroxylation is 1. The third-order valence-electron chi connectivity index (χ3n) is 5.12. The normalized spacial score (nSPS) is 16.7. The molecule has 1 atom stereocenters. The van der Waals surface area contributed by atoms with Crippen molar-refractivity contribution >= 4 is 11.6 Å². The minimum absolute atomic E-state index is 0.179. The van der Waals surface area contributed by atoms with Gasteiger partial charge in [0.05, 0.1) is 22.8 Å². The van der Waals surface area contributed by atoms with Crippen molar-refractivity contribution in [2.45, 2.75) is 46.6 Å². The summed E-state index contributed by atoms with van der Waals surface area (Å²) >= 11 is 0. The van der Waals surface area contributed by atoms with Crippen LogP contribution in [-0.2, 0) is 4.79 Å².